The molecule has 2 aromatic rings. The lowest BCUT2D eigenvalue weighted by Crippen LogP contribution is -2.45. The molecule has 1 aromatic carbocycles. The van der Waals surface area contributed by atoms with E-state index in [9.17, 15) is 13.2 Å². The second-order valence-electron chi connectivity index (χ2n) is 8.11. The lowest BCUT2D eigenvalue weighted by atomic mass is 9.92. The van der Waals surface area contributed by atoms with Crippen molar-refractivity contribution in [1.82, 2.24) is 14.5 Å². The molecule has 1 fully saturated rings. The van der Waals surface area contributed by atoms with Gasteiger partial charge in [-0.1, -0.05) is 12.1 Å². The third-order valence-electron chi connectivity index (χ3n) is 5.21. The van der Waals surface area contributed by atoms with Gasteiger partial charge in [0.15, 0.2) is 0 Å². The first-order valence-corrected chi connectivity index (χ1v) is 9.01. The minimum atomic E-state index is -4.34. The predicted octanol–water partition coefficient (Wildman–Crippen LogP) is 5.08. The van der Waals surface area contributed by atoms with Crippen LogP contribution >= 0.6 is 0 Å². The van der Waals surface area contributed by atoms with E-state index in [1.54, 1.807) is 6.07 Å². The van der Waals surface area contributed by atoms with E-state index >= 15 is 0 Å². The van der Waals surface area contributed by atoms with Gasteiger partial charge in [-0.3, -0.25) is 4.90 Å². The zero-order valence-electron chi connectivity index (χ0n) is 15.8. The fraction of sp³-hybridized carbons (Fsp3) is 0.550. The third kappa shape index (κ3) is 3.95. The molecule has 3 nitrogen and oxygen atoms in total. The summed E-state index contributed by atoms with van der Waals surface area (Å²) in [7, 11) is 1.93. The quantitative estimate of drug-likeness (QED) is 0.740. The Bertz CT molecular complexity index is 763. The normalized spacial score (nSPS) is 17.7. The first-order chi connectivity index (χ1) is 12.1. The van der Waals surface area contributed by atoms with Crippen molar-refractivity contribution in [2.75, 3.05) is 13.1 Å². The molecule has 0 radical (unpaired) electrons. The highest BCUT2D eigenvalue weighted by atomic mass is 19.4. The van der Waals surface area contributed by atoms with Crippen LogP contribution in [0.5, 0.6) is 0 Å². The van der Waals surface area contributed by atoms with Gasteiger partial charge in [0.25, 0.3) is 0 Å². The maximum Gasteiger partial charge on any atom is 0.416 e. The molecule has 0 N–H and O–H groups in total. The summed E-state index contributed by atoms with van der Waals surface area (Å²) in [5, 5.41) is 0. The zero-order chi connectivity index (χ0) is 19.1. The summed E-state index contributed by atoms with van der Waals surface area (Å²) >= 11 is 0. The Morgan fingerprint density at radius 2 is 1.73 bits per heavy atom. The van der Waals surface area contributed by atoms with Crippen LogP contribution in [0.2, 0.25) is 0 Å². The summed E-state index contributed by atoms with van der Waals surface area (Å²) < 4.78 is 40.9. The molecule has 26 heavy (non-hydrogen) atoms. The van der Waals surface area contributed by atoms with Gasteiger partial charge in [-0.25, -0.2) is 4.98 Å². The molecular weight excluding hydrogens is 339 g/mol. The monoisotopic (exact) mass is 365 g/mol. The highest BCUT2D eigenvalue weighted by Gasteiger charge is 2.31. The van der Waals surface area contributed by atoms with E-state index in [0.29, 0.717) is 17.2 Å². The highest BCUT2D eigenvalue weighted by Crippen LogP contribution is 2.34. The van der Waals surface area contributed by atoms with Gasteiger partial charge in [0, 0.05) is 30.3 Å². The van der Waals surface area contributed by atoms with Gasteiger partial charge in [0.05, 0.1) is 11.3 Å². The van der Waals surface area contributed by atoms with Crippen LogP contribution in [0.25, 0.3) is 11.3 Å². The van der Waals surface area contributed by atoms with Crippen molar-refractivity contribution in [3.8, 4) is 11.3 Å². The second kappa shape index (κ2) is 6.72. The molecule has 3 rings (SSSR count). The van der Waals surface area contributed by atoms with E-state index < -0.39 is 11.7 Å². The number of likely N-dealkylation sites (tertiary alicyclic amines) is 1. The van der Waals surface area contributed by atoms with Crippen molar-refractivity contribution in [1.29, 1.82) is 0 Å². The molecule has 1 aliphatic heterocycles. The fourth-order valence-corrected chi connectivity index (χ4v) is 3.66. The third-order valence-corrected chi connectivity index (χ3v) is 5.21. The summed E-state index contributed by atoms with van der Waals surface area (Å²) in [5.41, 5.74) is 0.636. The van der Waals surface area contributed by atoms with Crippen molar-refractivity contribution < 1.29 is 13.2 Å². The van der Waals surface area contributed by atoms with Gasteiger partial charge in [-0.05, 0) is 58.8 Å². The Morgan fingerprint density at radius 1 is 1.08 bits per heavy atom. The Labute approximate surface area is 152 Å². The van der Waals surface area contributed by atoms with Crippen LogP contribution in [0.1, 0.15) is 50.9 Å². The zero-order valence-corrected chi connectivity index (χ0v) is 15.8. The first-order valence-electron chi connectivity index (χ1n) is 9.01. The van der Waals surface area contributed by atoms with Gasteiger partial charge >= 0.3 is 6.18 Å². The molecule has 0 aliphatic carbocycles. The van der Waals surface area contributed by atoms with E-state index in [1.165, 1.54) is 12.1 Å². The van der Waals surface area contributed by atoms with Crippen LogP contribution in [0.4, 0.5) is 13.2 Å². The molecule has 1 aromatic heterocycles. The fourth-order valence-electron chi connectivity index (χ4n) is 3.66. The van der Waals surface area contributed by atoms with E-state index in [1.807, 2.05) is 17.8 Å². The van der Waals surface area contributed by atoms with Crippen LogP contribution < -0.4 is 0 Å². The van der Waals surface area contributed by atoms with Gasteiger partial charge < -0.3 is 4.57 Å². The molecule has 0 atom stereocenters. The van der Waals surface area contributed by atoms with Crippen molar-refractivity contribution >= 4 is 0 Å². The predicted molar refractivity (Wildman–Crippen MR) is 96.9 cm³/mol. The maximum absolute atomic E-state index is 13.0. The first kappa shape index (κ1) is 19.0. The minimum absolute atomic E-state index is 0.163. The number of rotatable bonds is 2. The molecule has 1 aliphatic rings. The standard InChI is InChI=1S/C20H26F3N3/c1-19(2,3)26-10-8-14(9-11-26)18-24-17(13-25(18)4)15-6-5-7-16(12-15)20(21,22)23/h5-7,12-14H,8-11H2,1-4H3. The number of hydrogen-bond donors (Lipinski definition) is 0. The van der Waals surface area contributed by atoms with Crippen LogP contribution in [-0.2, 0) is 13.2 Å². The SMILES string of the molecule is Cn1cc(-c2cccc(C(F)(F)F)c2)nc1C1CCN(C(C)(C)C)CC1. The number of aromatic nitrogens is 2. The maximum atomic E-state index is 13.0. The number of imidazole rings is 1. The summed E-state index contributed by atoms with van der Waals surface area (Å²) in [6, 6.07) is 5.39. The number of nitrogens with zero attached hydrogens (tertiary/aromatic N) is 3. The van der Waals surface area contributed by atoms with E-state index in [0.717, 1.165) is 37.8 Å². The topological polar surface area (TPSA) is 21.1 Å². The molecule has 1 saturated heterocycles. The van der Waals surface area contributed by atoms with Gasteiger partial charge in [0.1, 0.15) is 5.82 Å². The number of hydrogen-bond acceptors (Lipinski definition) is 2. The molecular formula is C20H26F3N3. The number of alkyl halides is 3. The van der Waals surface area contributed by atoms with Crippen LogP contribution in [0.3, 0.4) is 0 Å². The van der Waals surface area contributed by atoms with Crippen LogP contribution in [-0.4, -0.2) is 33.1 Å². The summed E-state index contributed by atoms with van der Waals surface area (Å²) in [6.07, 6.45) is -0.470. The Hall–Kier alpha value is -1.82. The van der Waals surface area contributed by atoms with Crippen LogP contribution in [0.15, 0.2) is 30.5 Å². The van der Waals surface area contributed by atoms with E-state index in [2.05, 4.69) is 25.7 Å². The molecule has 0 saturated carbocycles. The Balaban J connectivity index is 1.81. The largest absolute Gasteiger partial charge is 0.416 e. The van der Waals surface area contributed by atoms with Crippen molar-refractivity contribution in [3.05, 3.63) is 41.9 Å². The van der Waals surface area contributed by atoms with Crippen LogP contribution in [0, 0.1) is 0 Å². The smallest absolute Gasteiger partial charge is 0.337 e. The Morgan fingerprint density at radius 3 is 2.31 bits per heavy atom. The molecule has 0 amide bonds. The average Bonchev–Trinajstić information content (AvgIpc) is 2.95. The minimum Gasteiger partial charge on any atom is -0.337 e. The van der Waals surface area contributed by atoms with E-state index in [4.69, 9.17) is 4.98 Å². The number of halogens is 3. The second-order valence-corrected chi connectivity index (χ2v) is 8.11. The number of aryl methyl sites for hydroxylation is 1. The van der Waals surface area contributed by atoms with Gasteiger partial charge in [0.2, 0.25) is 0 Å². The highest BCUT2D eigenvalue weighted by molar-refractivity contribution is 5.60. The lowest BCUT2D eigenvalue weighted by molar-refractivity contribution is -0.137. The Kier molecular flexibility index (Phi) is 4.90. The lowest BCUT2D eigenvalue weighted by Gasteiger charge is -2.40. The summed E-state index contributed by atoms with van der Waals surface area (Å²) in [5.74, 6) is 1.31. The molecule has 2 heterocycles. The number of piperidine rings is 1. The molecule has 6 heteroatoms. The van der Waals surface area contributed by atoms with Crippen molar-refractivity contribution in [2.45, 2.75) is 51.2 Å². The van der Waals surface area contributed by atoms with E-state index in [-0.39, 0.29) is 5.54 Å². The summed E-state index contributed by atoms with van der Waals surface area (Å²) in [6.45, 7) is 8.69. The van der Waals surface area contributed by atoms with Gasteiger partial charge in [-0.2, -0.15) is 13.2 Å². The molecule has 0 bridgehead atoms. The van der Waals surface area contributed by atoms with Gasteiger partial charge in [-0.15, -0.1) is 0 Å². The number of benzene rings is 1. The summed E-state index contributed by atoms with van der Waals surface area (Å²) in [4.78, 5) is 7.16. The molecule has 142 valence electrons. The average molecular weight is 365 g/mol. The van der Waals surface area contributed by atoms with Crippen molar-refractivity contribution in [2.24, 2.45) is 7.05 Å². The molecule has 0 unspecified atom stereocenters. The van der Waals surface area contributed by atoms with Crippen molar-refractivity contribution in [3.63, 3.8) is 0 Å². The molecule has 0 spiro atoms.